The van der Waals surface area contributed by atoms with Gasteiger partial charge in [0, 0.05) is 47.9 Å². The lowest BCUT2D eigenvalue weighted by Gasteiger charge is -2.20. The Morgan fingerprint density at radius 3 is 2.85 bits per heavy atom. The number of anilines is 1. The number of benzene rings is 2. The fourth-order valence-electron chi connectivity index (χ4n) is 4.58. The molecule has 1 fully saturated rings. The lowest BCUT2D eigenvalue weighted by atomic mass is 9.96. The average molecular weight is 464 g/mol. The molecular weight excluding hydrogens is 438 g/mol. The van der Waals surface area contributed by atoms with E-state index >= 15 is 0 Å². The van der Waals surface area contributed by atoms with Gasteiger partial charge in [-0.15, -0.1) is 0 Å². The van der Waals surface area contributed by atoms with Crippen LogP contribution in [0.1, 0.15) is 34.0 Å². The van der Waals surface area contributed by atoms with E-state index in [4.69, 9.17) is 16.0 Å². The van der Waals surface area contributed by atoms with Crippen molar-refractivity contribution < 1.29 is 14.0 Å². The van der Waals surface area contributed by atoms with E-state index in [-0.39, 0.29) is 17.7 Å². The van der Waals surface area contributed by atoms with Crippen LogP contribution in [0.25, 0.3) is 11.3 Å². The summed E-state index contributed by atoms with van der Waals surface area (Å²) in [6, 6.07) is 16.8. The highest BCUT2D eigenvalue weighted by Gasteiger charge is 2.31. The van der Waals surface area contributed by atoms with Crippen LogP contribution >= 0.6 is 11.6 Å². The number of nitrogens with zero attached hydrogens (tertiary/aromatic N) is 2. The summed E-state index contributed by atoms with van der Waals surface area (Å²) in [6.45, 7) is 3.40. The minimum atomic E-state index is -0.341. The third-order valence-electron chi connectivity index (χ3n) is 6.43. The Labute approximate surface area is 198 Å². The smallest absolute Gasteiger partial charge is 0.253 e. The second-order valence-electron chi connectivity index (χ2n) is 8.77. The second kappa shape index (κ2) is 9.04. The van der Waals surface area contributed by atoms with Crippen LogP contribution in [0.3, 0.4) is 0 Å². The van der Waals surface area contributed by atoms with E-state index in [0.29, 0.717) is 28.5 Å². The first-order valence-electron chi connectivity index (χ1n) is 11.3. The summed E-state index contributed by atoms with van der Waals surface area (Å²) in [5.41, 5.74) is 3.19. The van der Waals surface area contributed by atoms with Crippen molar-refractivity contribution in [1.29, 1.82) is 0 Å². The zero-order chi connectivity index (χ0) is 22.9. The summed E-state index contributed by atoms with van der Waals surface area (Å²) in [6.07, 6.45) is 1.42. The highest BCUT2D eigenvalue weighted by atomic mass is 35.5. The molecule has 1 saturated heterocycles. The largest absolute Gasteiger partial charge is 0.461 e. The van der Waals surface area contributed by atoms with E-state index in [0.717, 1.165) is 49.4 Å². The Hall–Kier alpha value is -3.09. The van der Waals surface area contributed by atoms with E-state index in [2.05, 4.69) is 17.3 Å². The molecule has 0 saturated carbocycles. The predicted octanol–water partition coefficient (Wildman–Crippen LogP) is 4.66. The van der Waals surface area contributed by atoms with Gasteiger partial charge >= 0.3 is 0 Å². The molecule has 7 heteroatoms. The Bertz CT molecular complexity index is 1200. The quantitative estimate of drug-likeness (QED) is 0.611. The predicted molar refractivity (Wildman–Crippen MR) is 129 cm³/mol. The van der Waals surface area contributed by atoms with Crippen LogP contribution in [0.15, 0.2) is 59.0 Å². The van der Waals surface area contributed by atoms with Crippen molar-refractivity contribution in [2.45, 2.75) is 18.8 Å². The lowest BCUT2D eigenvalue weighted by Crippen LogP contribution is -2.34. The van der Waals surface area contributed by atoms with Crippen LogP contribution in [-0.4, -0.2) is 54.8 Å². The normalized spacial score (nSPS) is 18.7. The van der Waals surface area contributed by atoms with Gasteiger partial charge in [0.05, 0.1) is 5.92 Å². The average Bonchev–Trinajstić information content (AvgIpc) is 3.33. The molecule has 1 aromatic heterocycles. The van der Waals surface area contributed by atoms with Crippen LogP contribution in [0.4, 0.5) is 5.69 Å². The molecule has 0 aliphatic carbocycles. The molecule has 3 heterocycles. The molecule has 2 aliphatic heterocycles. The Balaban J connectivity index is 1.33. The monoisotopic (exact) mass is 463 g/mol. The van der Waals surface area contributed by atoms with Crippen LogP contribution in [0.5, 0.6) is 0 Å². The van der Waals surface area contributed by atoms with Crippen LogP contribution < -0.4 is 5.32 Å². The first-order valence-corrected chi connectivity index (χ1v) is 11.6. The topological polar surface area (TPSA) is 65.8 Å². The first-order chi connectivity index (χ1) is 16.0. The molecule has 2 aliphatic rings. The van der Waals surface area contributed by atoms with Crippen molar-refractivity contribution in [3.05, 3.63) is 76.5 Å². The Morgan fingerprint density at radius 1 is 1.09 bits per heavy atom. The van der Waals surface area contributed by atoms with Crippen molar-refractivity contribution in [2.24, 2.45) is 0 Å². The van der Waals surface area contributed by atoms with Crippen molar-refractivity contribution in [1.82, 2.24) is 9.80 Å². The van der Waals surface area contributed by atoms with Gasteiger partial charge in [0.2, 0.25) is 5.91 Å². The number of halogens is 1. The van der Waals surface area contributed by atoms with Gasteiger partial charge in [0.25, 0.3) is 5.91 Å². The third kappa shape index (κ3) is 4.54. The maximum absolute atomic E-state index is 13.1. The zero-order valence-electron chi connectivity index (χ0n) is 18.5. The number of fused-ring (bicyclic) bond motifs is 1. The molecule has 1 atom stereocenters. The zero-order valence-corrected chi connectivity index (χ0v) is 19.3. The molecule has 5 rings (SSSR count). The van der Waals surface area contributed by atoms with Gasteiger partial charge in [-0.3, -0.25) is 9.59 Å². The maximum Gasteiger partial charge on any atom is 0.253 e. The molecular formula is C26H26ClN3O3. The first kappa shape index (κ1) is 21.7. The van der Waals surface area contributed by atoms with Gasteiger partial charge in [-0.1, -0.05) is 23.7 Å². The second-order valence-corrected chi connectivity index (χ2v) is 9.21. The number of rotatable bonds is 4. The SMILES string of the molecule is CN1CCCN(C(=O)c2cccc(-c3ccc(CC4C(=O)Nc5ccc(Cl)cc54)o3)c2)CC1. The molecule has 2 aromatic carbocycles. The van der Waals surface area contributed by atoms with Gasteiger partial charge in [0.15, 0.2) is 0 Å². The van der Waals surface area contributed by atoms with Gasteiger partial charge in [-0.05, 0) is 68.0 Å². The molecule has 1 N–H and O–H groups in total. The molecule has 3 aromatic rings. The molecule has 33 heavy (non-hydrogen) atoms. The molecule has 0 spiro atoms. The highest BCUT2D eigenvalue weighted by Crippen LogP contribution is 2.37. The molecule has 6 nitrogen and oxygen atoms in total. The standard InChI is InChI=1S/C26H26ClN3O3/c1-29-10-3-11-30(13-12-29)26(32)18-5-2-4-17(14-18)24-9-7-20(33-24)16-22-21-15-19(27)6-8-23(21)28-25(22)31/h2,4-9,14-15,22H,3,10-13,16H2,1H3,(H,28,31). The van der Waals surface area contributed by atoms with E-state index < -0.39 is 0 Å². The number of hydrogen-bond acceptors (Lipinski definition) is 4. The van der Waals surface area contributed by atoms with Gasteiger partial charge in [0.1, 0.15) is 11.5 Å². The molecule has 2 amide bonds. The van der Waals surface area contributed by atoms with Crippen LogP contribution in [0.2, 0.25) is 5.02 Å². The minimum absolute atomic E-state index is 0.0510. The number of carbonyl (C=O) groups is 2. The third-order valence-corrected chi connectivity index (χ3v) is 6.67. The summed E-state index contributed by atoms with van der Waals surface area (Å²) in [7, 11) is 2.09. The lowest BCUT2D eigenvalue weighted by molar-refractivity contribution is -0.117. The number of likely N-dealkylation sites (N-methyl/N-ethyl adjacent to an activating group) is 1. The maximum atomic E-state index is 13.1. The highest BCUT2D eigenvalue weighted by molar-refractivity contribution is 6.31. The summed E-state index contributed by atoms with van der Waals surface area (Å²) in [4.78, 5) is 29.8. The number of nitrogens with one attached hydrogen (secondary N) is 1. The van der Waals surface area contributed by atoms with Crippen molar-refractivity contribution in [3.8, 4) is 11.3 Å². The molecule has 0 bridgehead atoms. The van der Waals surface area contributed by atoms with Crippen LogP contribution in [-0.2, 0) is 11.2 Å². The minimum Gasteiger partial charge on any atom is -0.461 e. The fraction of sp³-hybridized carbons (Fsp3) is 0.308. The summed E-state index contributed by atoms with van der Waals surface area (Å²) in [5, 5.41) is 3.51. The van der Waals surface area contributed by atoms with E-state index in [9.17, 15) is 9.59 Å². The Morgan fingerprint density at radius 2 is 1.97 bits per heavy atom. The van der Waals surface area contributed by atoms with Crippen molar-refractivity contribution in [3.63, 3.8) is 0 Å². The summed E-state index contributed by atoms with van der Waals surface area (Å²) < 4.78 is 6.09. The van der Waals surface area contributed by atoms with Crippen LogP contribution in [0, 0.1) is 0 Å². The number of furan rings is 1. The summed E-state index contributed by atoms with van der Waals surface area (Å²) in [5.74, 6) is 1.05. The van der Waals surface area contributed by atoms with E-state index in [1.807, 2.05) is 53.4 Å². The van der Waals surface area contributed by atoms with Gasteiger partial charge in [-0.25, -0.2) is 0 Å². The number of amides is 2. The van der Waals surface area contributed by atoms with Gasteiger partial charge in [-0.2, -0.15) is 0 Å². The summed E-state index contributed by atoms with van der Waals surface area (Å²) >= 11 is 6.14. The van der Waals surface area contributed by atoms with E-state index in [1.165, 1.54) is 0 Å². The number of carbonyl (C=O) groups excluding carboxylic acids is 2. The van der Waals surface area contributed by atoms with E-state index in [1.54, 1.807) is 6.07 Å². The molecule has 1 unspecified atom stereocenters. The Kier molecular flexibility index (Phi) is 5.96. The molecule has 0 radical (unpaired) electrons. The fourth-order valence-corrected chi connectivity index (χ4v) is 4.76. The van der Waals surface area contributed by atoms with Gasteiger partial charge < -0.3 is 19.5 Å². The van der Waals surface area contributed by atoms with Crippen molar-refractivity contribution in [2.75, 3.05) is 38.5 Å². The molecule has 170 valence electrons. The van der Waals surface area contributed by atoms with Crippen molar-refractivity contribution >= 4 is 29.1 Å². The number of hydrogen-bond donors (Lipinski definition) is 1.